The molecule has 0 saturated carbocycles. The number of hydrogen-bond donors (Lipinski definition) is 2. The lowest BCUT2D eigenvalue weighted by molar-refractivity contribution is -0.132. The second kappa shape index (κ2) is 10.9. The van der Waals surface area contributed by atoms with Gasteiger partial charge >= 0.3 is 0 Å². The Bertz CT molecular complexity index is 1060. The predicted octanol–water partition coefficient (Wildman–Crippen LogP) is 2.68. The highest BCUT2D eigenvalue weighted by Crippen LogP contribution is 2.24. The van der Waals surface area contributed by atoms with Gasteiger partial charge in [-0.15, -0.1) is 0 Å². The Morgan fingerprint density at radius 3 is 2.39 bits per heavy atom. The minimum Gasteiger partial charge on any atom is -0.350 e. The van der Waals surface area contributed by atoms with Crippen LogP contribution in [0.15, 0.2) is 59.5 Å². The number of hydrogen-bond acceptors (Lipinski definition) is 4. The van der Waals surface area contributed by atoms with Crippen molar-refractivity contribution in [1.29, 1.82) is 0 Å². The Hall–Kier alpha value is -2.78. The maximum Gasteiger partial charge on any atom is 0.243 e. The summed E-state index contributed by atoms with van der Waals surface area (Å²) < 4.78 is 40.3. The molecule has 0 bridgehead atoms. The third-order valence-electron chi connectivity index (χ3n) is 5.76. The summed E-state index contributed by atoms with van der Waals surface area (Å²) in [6, 6.07) is 13.4. The summed E-state index contributed by atoms with van der Waals surface area (Å²) in [5, 5.41) is 5.68. The van der Waals surface area contributed by atoms with Crippen LogP contribution in [0.3, 0.4) is 0 Å². The summed E-state index contributed by atoms with van der Waals surface area (Å²) in [5.41, 5.74) is 0.952. The fourth-order valence-corrected chi connectivity index (χ4v) is 5.36. The third-order valence-corrected chi connectivity index (χ3v) is 7.64. The first-order valence-corrected chi connectivity index (χ1v) is 12.5. The van der Waals surface area contributed by atoms with Gasteiger partial charge in [-0.25, -0.2) is 12.8 Å². The van der Waals surface area contributed by atoms with Crippen molar-refractivity contribution >= 4 is 21.8 Å². The van der Waals surface area contributed by atoms with Crippen molar-refractivity contribution in [3.63, 3.8) is 0 Å². The molecule has 0 radical (unpaired) electrons. The van der Waals surface area contributed by atoms with E-state index in [0.29, 0.717) is 19.4 Å². The van der Waals surface area contributed by atoms with Crippen LogP contribution >= 0.6 is 0 Å². The summed E-state index contributed by atoms with van der Waals surface area (Å²) in [6.07, 6.45) is 1.04. The molecule has 1 saturated heterocycles. The zero-order chi connectivity index (χ0) is 24.0. The van der Waals surface area contributed by atoms with Crippen molar-refractivity contribution < 1.29 is 22.4 Å². The fourth-order valence-electron chi connectivity index (χ4n) is 3.83. The Balaban J connectivity index is 1.63. The number of nitrogens with one attached hydrogen (secondary N) is 2. The molecule has 2 aromatic rings. The first kappa shape index (κ1) is 24.9. The molecule has 9 heteroatoms. The van der Waals surface area contributed by atoms with Gasteiger partial charge in [0.15, 0.2) is 0 Å². The van der Waals surface area contributed by atoms with Crippen LogP contribution in [0.25, 0.3) is 0 Å². The van der Waals surface area contributed by atoms with Gasteiger partial charge in [-0.05, 0) is 48.6 Å². The maximum atomic E-state index is 13.2. The number of halogens is 1. The molecule has 7 nitrogen and oxygen atoms in total. The van der Waals surface area contributed by atoms with Crippen LogP contribution < -0.4 is 10.6 Å². The minimum absolute atomic E-state index is 0.00898. The molecular formula is C24H30FN3O4S. The monoisotopic (exact) mass is 475 g/mol. The average Bonchev–Trinajstić information content (AvgIpc) is 2.81. The molecule has 1 aliphatic heterocycles. The lowest BCUT2D eigenvalue weighted by Crippen LogP contribution is -2.53. The van der Waals surface area contributed by atoms with Gasteiger partial charge in [0.1, 0.15) is 11.9 Å². The summed E-state index contributed by atoms with van der Waals surface area (Å²) in [5.74, 6) is -1.86. The molecule has 2 atom stereocenters. The molecule has 1 aliphatic rings. The molecular weight excluding hydrogens is 445 g/mol. The standard InChI is InChI=1S/C24H30FN3O4S/c1-17(2)22(24(30)26-15-18-7-4-3-5-8-18)27-23(29)19-9-6-14-28(16-19)33(31,32)21-12-10-20(25)11-13-21/h3-5,7-8,10-13,17,19,22H,6,9,14-16H2,1-2H3,(H,26,30)(H,27,29)/t19-,22-/m0/s1. The van der Waals surface area contributed by atoms with E-state index in [1.807, 2.05) is 44.2 Å². The van der Waals surface area contributed by atoms with E-state index < -0.39 is 27.8 Å². The Morgan fingerprint density at radius 1 is 1.09 bits per heavy atom. The summed E-state index contributed by atoms with van der Waals surface area (Å²) in [4.78, 5) is 25.7. The van der Waals surface area contributed by atoms with E-state index in [1.165, 1.54) is 16.4 Å². The molecule has 0 aromatic heterocycles. The van der Waals surface area contributed by atoms with Crippen LogP contribution in [-0.2, 0) is 26.2 Å². The first-order valence-electron chi connectivity index (χ1n) is 11.1. The normalized spacial score (nSPS) is 18.0. The van der Waals surface area contributed by atoms with Gasteiger partial charge in [-0.3, -0.25) is 9.59 Å². The van der Waals surface area contributed by atoms with Crippen molar-refractivity contribution in [3.8, 4) is 0 Å². The topological polar surface area (TPSA) is 95.6 Å². The van der Waals surface area contributed by atoms with Crippen LogP contribution in [0.2, 0.25) is 0 Å². The Labute approximate surface area is 194 Å². The molecule has 0 spiro atoms. The summed E-state index contributed by atoms with van der Waals surface area (Å²) in [7, 11) is -3.84. The van der Waals surface area contributed by atoms with E-state index in [9.17, 15) is 22.4 Å². The molecule has 0 unspecified atom stereocenters. The zero-order valence-corrected chi connectivity index (χ0v) is 19.6. The van der Waals surface area contributed by atoms with Crippen molar-refractivity contribution in [2.24, 2.45) is 11.8 Å². The number of sulfonamides is 1. The van der Waals surface area contributed by atoms with Gasteiger partial charge in [-0.1, -0.05) is 44.2 Å². The van der Waals surface area contributed by atoms with E-state index in [4.69, 9.17) is 0 Å². The molecule has 2 N–H and O–H groups in total. The van der Waals surface area contributed by atoms with Crippen LogP contribution in [0, 0.1) is 17.7 Å². The number of carbonyl (C=O) groups excluding carboxylic acids is 2. The van der Waals surface area contributed by atoms with Crippen LogP contribution in [0.5, 0.6) is 0 Å². The summed E-state index contributed by atoms with van der Waals surface area (Å²) >= 11 is 0. The van der Waals surface area contributed by atoms with Crippen molar-refractivity contribution in [2.75, 3.05) is 13.1 Å². The maximum absolute atomic E-state index is 13.2. The van der Waals surface area contributed by atoms with Gasteiger partial charge < -0.3 is 10.6 Å². The predicted molar refractivity (Wildman–Crippen MR) is 123 cm³/mol. The lowest BCUT2D eigenvalue weighted by Gasteiger charge is -2.32. The van der Waals surface area contributed by atoms with Gasteiger partial charge in [0.2, 0.25) is 21.8 Å². The van der Waals surface area contributed by atoms with Gasteiger partial charge in [0.25, 0.3) is 0 Å². The molecule has 1 heterocycles. The number of carbonyl (C=O) groups is 2. The zero-order valence-electron chi connectivity index (χ0n) is 18.8. The smallest absolute Gasteiger partial charge is 0.243 e. The van der Waals surface area contributed by atoms with Crippen LogP contribution in [-0.4, -0.2) is 43.7 Å². The first-order chi connectivity index (χ1) is 15.7. The van der Waals surface area contributed by atoms with Crippen molar-refractivity contribution in [2.45, 2.75) is 44.2 Å². The van der Waals surface area contributed by atoms with E-state index in [2.05, 4.69) is 10.6 Å². The SMILES string of the molecule is CC(C)[C@H](NC(=O)[C@H]1CCCN(S(=O)(=O)c2ccc(F)cc2)C1)C(=O)NCc1ccccc1. The van der Waals surface area contributed by atoms with E-state index in [-0.39, 0.29) is 35.7 Å². The van der Waals surface area contributed by atoms with Crippen LogP contribution in [0.1, 0.15) is 32.3 Å². The van der Waals surface area contributed by atoms with Gasteiger partial charge in [0.05, 0.1) is 10.8 Å². The molecule has 3 rings (SSSR count). The second-order valence-electron chi connectivity index (χ2n) is 8.59. The highest BCUT2D eigenvalue weighted by atomic mass is 32.2. The quantitative estimate of drug-likeness (QED) is 0.614. The van der Waals surface area contributed by atoms with Gasteiger partial charge in [-0.2, -0.15) is 4.31 Å². The Morgan fingerprint density at radius 2 is 1.76 bits per heavy atom. The van der Waals surface area contributed by atoms with Crippen LogP contribution in [0.4, 0.5) is 4.39 Å². The van der Waals surface area contributed by atoms with Gasteiger partial charge in [0, 0.05) is 19.6 Å². The second-order valence-corrected chi connectivity index (χ2v) is 10.5. The van der Waals surface area contributed by atoms with Crippen molar-refractivity contribution in [3.05, 3.63) is 66.0 Å². The molecule has 2 amide bonds. The number of rotatable bonds is 8. The lowest BCUT2D eigenvalue weighted by atomic mass is 9.96. The molecule has 1 fully saturated rings. The number of benzene rings is 2. The minimum atomic E-state index is -3.84. The summed E-state index contributed by atoms with van der Waals surface area (Å²) in [6.45, 7) is 4.35. The highest BCUT2D eigenvalue weighted by Gasteiger charge is 2.35. The number of amides is 2. The molecule has 33 heavy (non-hydrogen) atoms. The van der Waals surface area contributed by atoms with Crippen molar-refractivity contribution in [1.82, 2.24) is 14.9 Å². The largest absolute Gasteiger partial charge is 0.350 e. The molecule has 2 aromatic carbocycles. The van der Waals surface area contributed by atoms with E-state index >= 15 is 0 Å². The number of nitrogens with zero attached hydrogens (tertiary/aromatic N) is 1. The number of piperidine rings is 1. The van der Waals surface area contributed by atoms with E-state index in [0.717, 1.165) is 17.7 Å². The highest BCUT2D eigenvalue weighted by molar-refractivity contribution is 7.89. The Kier molecular flexibility index (Phi) is 8.20. The van der Waals surface area contributed by atoms with E-state index in [1.54, 1.807) is 0 Å². The third kappa shape index (κ3) is 6.39. The fraction of sp³-hybridized carbons (Fsp3) is 0.417. The average molecular weight is 476 g/mol. The molecule has 178 valence electrons. The molecule has 0 aliphatic carbocycles.